The minimum atomic E-state index is -0.400. The standard InChI is InChI=1S/C13H22O4/c1-5-15-12-8-10(9(3)4)7-11(17-12)13(14)16-6-2/h7,9-10,12H,5-6,8H2,1-4H3/t10-,12+/m0/s1. The molecule has 0 spiro atoms. The molecule has 0 unspecified atom stereocenters. The van der Waals surface area contributed by atoms with Crippen LogP contribution in [0.4, 0.5) is 0 Å². The maximum Gasteiger partial charge on any atom is 0.373 e. The van der Waals surface area contributed by atoms with Gasteiger partial charge >= 0.3 is 5.97 Å². The summed E-state index contributed by atoms with van der Waals surface area (Å²) in [4.78, 5) is 11.6. The van der Waals surface area contributed by atoms with Crippen LogP contribution in [-0.2, 0) is 19.0 Å². The van der Waals surface area contributed by atoms with Gasteiger partial charge in [-0.25, -0.2) is 4.79 Å². The van der Waals surface area contributed by atoms with Crippen molar-refractivity contribution in [3.63, 3.8) is 0 Å². The van der Waals surface area contributed by atoms with Crippen molar-refractivity contribution in [3.05, 3.63) is 11.8 Å². The lowest BCUT2D eigenvalue weighted by Crippen LogP contribution is -2.30. The van der Waals surface area contributed by atoms with Crippen LogP contribution < -0.4 is 0 Å². The zero-order valence-corrected chi connectivity index (χ0v) is 11.1. The Morgan fingerprint density at radius 2 is 2.18 bits per heavy atom. The molecule has 0 radical (unpaired) electrons. The van der Waals surface area contributed by atoms with Crippen LogP contribution in [0, 0.1) is 11.8 Å². The molecule has 2 atom stereocenters. The highest BCUT2D eigenvalue weighted by Gasteiger charge is 2.29. The molecule has 1 aliphatic rings. The lowest BCUT2D eigenvalue weighted by molar-refractivity contribution is -0.162. The topological polar surface area (TPSA) is 44.8 Å². The van der Waals surface area contributed by atoms with E-state index in [-0.39, 0.29) is 12.0 Å². The van der Waals surface area contributed by atoms with Crippen LogP contribution >= 0.6 is 0 Å². The lowest BCUT2D eigenvalue weighted by atomic mass is 9.90. The van der Waals surface area contributed by atoms with E-state index in [9.17, 15) is 4.79 Å². The van der Waals surface area contributed by atoms with Crippen molar-refractivity contribution in [3.8, 4) is 0 Å². The number of allylic oxidation sites excluding steroid dienone is 1. The predicted octanol–water partition coefficient (Wildman–Crippen LogP) is 2.49. The van der Waals surface area contributed by atoms with E-state index < -0.39 is 5.97 Å². The molecule has 0 fully saturated rings. The van der Waals surface area contributed by atoms with Gasteiger partial charge in [0, 0.05) is 13.0 Å². The maximum absolute atomic E-state index is 11.6. The minimum absolute atomic E-state index is 0.287. The van der Waals surface area contributed by atoms with Gasteiger partial charge in [-0.3, -0.25) is 0 Å². The van der Waals surface area contributed by atoms with Crippen LogP contribution in [0.25, 0.3) is 0 Å². The second kappa shape index (κ2) is 6.64. The van der Waals surface area contributed by atoms with E-state index in [1.165, 1.54) is 0 Å². The lowest BCUT2D eigenvalue weighted by Gasteiger charge is -2.30. The van der Waals surface area contributed by atoms with E-state index in [0.29, 0.717) is 25.0 Å². The fraction of sp³-hybridized carbons (Fsp3) is 0.769. The van der Waals surface area contributed by atoms with Crippen molar-refractivity contribution in [2.24, 2.45) is 11.8 Å². The first-order valence-corrected chi connectivity index (χ1v) is 6.25. The molecular weight excluding hydrogens is 220 g/mol. The summed E-state index contributed by atoms with van der Waals surface area (Å²) in [5.41, 5.74) is 0. The molecule has 98 valence electrons. The van der Waals surface area contributed by atoms with Crippen LogP contribution in [0.15, 0.2) is 11.8 Å². The predicted molar refractivity (Wildman–Crippen MR) is 64.2 cm³/mol. The molecule has 0 aromatic heterocycles. The molecule has 0 N–H and O–H groups in total. The van der Waals surface area contributed by atoms with E-state index in [1.807, 2.05) is 13.0 Å². The average Bonchev–Trinajstić information content (AvgIpc) is 2.29. The number of hydrogen-bond donors (Lipinski definition) is 0. The van der Waals surface area contributed by atoms with E-state index in [2.05, 4.69) is 13.8 Å². The molecule has 0 saturated carbocycles. The van der Waals surface area contributed by atoms with Crippen molar-refractivity contribution in [2.45, 2.75) is 40.4 Å². The van der Waals surface area contributed by atoms with Crippen LogP contribution in [0.5, 0.6) is 0 Å². The van der Waals surface area contributed by atoms with E-state index in [0.717, 1.165) is 6.42 Å². The first-order chi connectivity index (χ1) is 8.08. The molecule has 0 aromatic carbocycles. The zero-order chi connectivity index (χ0) is 12.8. The zero-order valence-electron chi connectivity index (χ0n) is 11.1. The van der Waals surface area contributed by atoms with Crippen molar-refractivity contribution < 1.29 is 19.0 Å². The van der Waals surface area contributed by atoms with Gasteiger partial charge in [0.05, 0.1) is 6.61 Å². The number of hydrogen-bond acceptors (Lipinski definition) is 4. The number of rotatable bonds is 5. The molecule has 0 aromatic rings. The highest BCUT2D eigenvalue weighted by atomic mass is 16.7. The Balaban J connectivity index is 2.75. The van der Waals surface area contributed by atoms with Crippen LogP contribution in [-0.4, -0.2) is 25.5 Å². The molecule has 1 aliphatic heterocycles. The van der Waals surface area contributed by atoms with Crippen LogP contribution in [0.3, 0.4) is 0 Å². The monoisotopic (exact) mass is 242 g/mol. The van der Waals surface area contributed by atoms with E-state index in [1.54, 1.807) is 6.92 Å². The van der Waals surface area contributed by atoms with Gasteiger partial charge in [-0.1, -0.05) is 13.8 Å². The Hall–Kier alpha value is -1.03. The summed E-state index contributed by atoms with van der Waals surface area (Å²) >= 11 is 0. The Kier molecular flexibility index (Phi) is 5.48. The third-order valence-electron chi connectivity index (χ3n) is 2.77. The third kappa shape index (κ3) is 4.04. The Morgan fingerprint density at radius 1 is 1.47 bits per heavy atom. The second-order valence-corrected chi connectivity index (χ2v) is 4.40. The van der Waals surface area contributed by atoms with Gasteiger partial charge in [0.1, 0.15) is 0 Å². The smallest absolute Gasteiger partial charge is 0.373 e. The van der Waals surface area contributed by atoms with Gasteiger partial charge in [-0.2, -0.15) is 0 Å². The van der Waals surface area contributed by atoms with Crippen molar-refractivity contribution in [1.29, 1.82) is 0 Å². The minimum Gasteiger partial charge on any atom is -0.460 e. The highest BCUT2D eigenvalue weighted by Crippen LogP contribution is 2.28. The van der Waals surface area contributed by atoms with Gasteiger partial charge in [-0.05, 0) is 31.8 Å². The largest absolute Gasteiger partial charge is 0.460 e. The van der Waals surface area contributed by atoms with E-state index >= 15 is 0 Å². The Morgan fingerprint density at radius 3 is 2.71 bits per heavy atom. The van der Waals surface area contributed by atoms with Gasteiger partial charge in [0.25, 0.3) is 0 Å². The molecule has 0 aliphatic carbocycles. The van der Waals surface area contributed by atoms with Crippen LogP contribution in [0.1, 0.15) is 34.1 Å². The summed E-state index contributed by atoms with van der Waals surface area (Å²) in [5.74, 6) is 0.629. The van der Waals surface area contributed by atoms with Gasteiger partial charge < -0.3 is 14.2 Å². The van der Waals surface area contributed by atoms with Crippen molar-refractivity contribution >= 4 is 5.97 Å². The highest BCUT2D eigenvalue weighted by molar-refractivity contribution is 5.86. The SMILES string of the molecule is CCOC(=O)C1=C[C@H](C(C)C)C[C@H](OCC)O1. The van der Waals surface area contributed by atoms with Crippen molar-refractivity contribution in [1.82, 2.24) is 0 Å². The maximum atomic E-state index is 11.6. The average molecular weight is 242 g/mol. The second-order valence-electron chi connectivity index (χ2n) is 4.40. The Bertz CT molecular complexity index is 283. The summed E-state index contributed by atoms with van der Waals surface area (Å²) in [5, 5.41) is 0. The third-order valence-corrected chi connectivity index (χ3v) is 2.77. The normalized spacial score (nSPS) is 24.2. The summed E-state index contributed by atoms with van der Waals surface area (Å²) in [6.07, 6.45) is 2.31. The Labute approximate surface area is 103 Å². The molecule has 1 heterocycles. The number of carbonyl (C=O) groups is 1. The quantitative estimate of drug-likeness (QED) is 0.695. The molecule has 0 amide bonds. The van der Waals surface area contributed by atoms with E-state index in [4.69, 9.17) is 14.2 Å². The molecule has 0 bridgehead atoms. The molecule has 17 heavy (non-hydrogen) atoms. The summed E-state index contributed by atoms with van der Waals surface area (Å²) in [6, 6.07) is 0. The summed E-state index contributed by atoms with van der Waals surface area (Å²) < 4.78 is 15.9. The first-order valence-electron chi connectivity index (χ1n) is 6.25. The molecule has 4 heteroatoms. The number of carbonyl (C=O) groups excluding carboxylic acids is 1. The summed E-state index contributed by atoms with van der Waals surface area (Å²) in [6.45, 7) is 8.87. The van der Waals surface area contributed by atoms with Gasteiger partial charge in [0.2, 0.25) is 12.0 Å². The fourth-order valence-electron chi connectivity index (χ4n) is 1.78. The number of ether oxygens (including phenoxy) is 3. The van der Waals surface area contributed by atoms with Crippen molar-refractivity contribution in [2.75, 3.05) is 13.2 Å². The molecule has 0 saturated heterocycles. The molecule has 4 nitrogen and oxygen atoms in total. The first kappa shape index (κ1) is 14.0. The van der Waals surface area contributed by atoms with Gasteiger partial charge in [0.15, 0.2) is 0 Å². The molecule has 1 rings (SSSR count). The summed E-state index contributed by atoms with van der Waals surface area (Å²) in [7, 11) is 0. The van der Waals surface area contributed by atoms with Crippen LogP contribution in [0.2, 0.25) is 0 Å². The number of esters is 1. The molecular formula is C13H22O4. The van der Waals surface area contributed by atoms with Gasteiger partial charge in [-0.15, -0.1) is 0 Å². The fourth-order valence-corrected chi connectivity index (χ4v) is 1.78.